The van der Waals surface area contributed by atoms with E-state index in [0.29, 0.717) is 12.2 Å². The lowest BCUT2D eigenvalue weighted by atomic mass is 9.77. The first-order chi connectivity index (χ1) is 14.6. The Hall–Kier alpha value is -2.20. The lowest BCUT2D eigenvalue weighted by Gasteiger charge is -2.43. The largest absolute Gasteiger partial charge is 0.490 e. The Bertz CT molecular complexity index is 799. The third-order valence-corrected chi connectivity index (χ3v) is 5.86. The Morgan fingerprint density at radius 1 is 1.32 bits per heavy atom. The minimum absolute atomic E-state index is 0.0277. The van der Waals surface area contributed by atoms with Crippen molar-refractivity contribution < 1.29 is 37.3 Å². The number of piperidine rings is 1. The minimum Gasteiger partial charge on any atom is -0.475 e. The van der Waals surface area contributed by atoms with Crippen molar-refractivity contribution in [2.75, 3.05) is 32.9 Å². The number of pyridine rings is 1. The first-order valence-electron chi connectivity index (χ1n) is 10.3. The van der Waals surface area contributed by atoms with Crippen LogP contribution in [0.3, 0.4) is 0 Å². The molecule has 1 N–H and O–H groups in total. The number of fused-ring (bicyclic) bond motifs is 1. The highest BCUT2D eigenvalue weighted by molar-refractivity contribution is 5.94. The Balaban J connectivity index is 0.000000339. The molecule has 3 aliphatic rings. The average molecular weight is 444 g/mol. The fourth-order valence-electron chi connectivity index (χ4n) is 4.00. The van der Waals surface area contributed by atoms with E-state index in [9.17, 15) is 18.0 Å². The third-order valence-electron chi connectivity index (χ3n) is 5.86. The molecule has 7 nitrogen and oxygen atoms in total. The summed E-state index contributed by atoms with van der Waals surface area (Å²) in [5.41, 5.74) is 1.67. The van der Waals surface area contributed by atoms with Crippen molar-refractivity contribution >= 4 is 11.9 Å². The number of halogens is 3. The van der Waals surface area contributed by atoms with Crippen molar-refractivity contribution in [1.82, 2.24) is 9.88 Å². The number of aryl methyl sites for hydroxylation is 1. The number of carboxylic acids is 1. The van der Waals surface area contributed by atoms with E-state index in [1.165, 1.54) is 12.8 Å². The number of amides is 1. The maximum Gasteiger partial charge on any atom is 0.490 e. The molecule has 0 aromatic carbocycles. The summed E-state index contributed by atoms with van der Waals surface area (Å²) in [5, 5.41) is 7.12. The number of rotatable bonds is 5. The van der Waals surface area contributed by atoms with Crippen molar-refractivity contribution in [1.29, 1.82) is 0 Å². The van der Waals surface area contributed by atoms with Gasteiger partial charge in [-0.1, -0.05) is 0 Å². The molecule has 0 unspecified atom stereocenters. The quantitative estimate of drug-likeness (QED) is 0.751. The highest BCUT2D eigenvalue weighted by Crippen LogP contribution is 2.42. The summed E-state index contributed by atoms with van der Waals surface area (Å²) < 4.78 is 43.7. The molecule has 2 aliphatic heterocycles. The molecule has 4 rings (SSSR count). The highest BCUT2D eigenvalue weighted by Gasteiger charge is 2.49. The molecule has 31 heavy (non-hydrogen) atoms. The molecular formula is C21H27F3N2O5. The second-order valence-corrected chi connectivity index (χ2v) is 8.50. The molecule has 0 bridgehead atoms. The summed E-state index contributed by atoms with van der Waals surface area (Å²) in [6, 6.07) is 1.92. The van der Waals surface area contributed by atoms with E-state index in [4.69, 9.17) is 19.4 Å². The van der Waals surface area contributed by atoms with E-state index in [1.54, 1.807) is 12.4 Å². The Morgan fingerprint density at radius 2 is 2.03 bits per heavy atom. The van der Waals surface area contributed by atoms with E-state index < -0.39 is 12.1 Å². The molecule has 1 amide bonds. The van der Waals surface area contributed by atoms with Crippen LogP contribution in [0.1, 0.15) is 41.6 Å². The van der Waals surface area contributed by atoms with Crippen molar-refractivity contribution in [2.24, 2.45) is 11.3 Å². The predicted octanol–water partition coefficient (Wildman–Crippen LogP) is 3.07. The summed E-state index contributed by atoms with van der Waals surface area (Å²) >= 11 is 0. The van der Waals surface area contributed by atoms with Crippen LogP contribution in [-0.4, -0.2) is 72.1 Å². The maximum atomic E-state index is 12.9. The lowest BCUT2D eigenvalue weighted by Crippen LogP contribution is -2.53. The van der Waals surface area contributed by atoms with Gasteiger partial charge in [0.1, 0.15) is 0 Å². The van der Waals surface area contributed by atoms with Crippen LogP contribution < -0.4 is 0 Å². The van der Waals surface area contributed by atoms with Gasteiger partial charge in [0.2, 0.25) is 0 Å². The second-order valence-electron chi connectivity index (χ2n) is 8.50. The SMILES string of the molecule is Cc1cncc(C(=O)N2CC[C@H]3OCC[C@@]3(COCC3CC3)C2)c1.O=C(O)C(F)(F)F. The molecule has 172 valence electrons. The van der Waals surface area contributed by atoms with Crippen molar-refractivity contribution in [3.8, 4) is 0 Å². The Morgan fingerprint density at radius 3 is 2.65 bits per heavy atom. The van der Waals surface area contributed by atoms with Crippen LogP contribution in [0.4, 0.5) is 13.2 Å². The molecule has 2 saturated heterocycles. The number of alkyl halides is 3. The van der Waals surface area contributed by atoms with Crippen LogP contribution in [0.25, 0.3) is 0 Å². The normalized spacial score (nSPS) is 25.4. The van der Waals surface area contributed by atoms with E-state index >= 15 is 0 Å². The fourth-order valence-corrected chi connectivity index (χ4v) is 4.00. The number of aromatic nitrogens is 1. The monoisotopic (exact) mass is 444 g/mol. The van der Waals surface area contributed by atoms with Crippen LogP contribution in [0, 0.1) is 18.3 Å². The molecule has 0 radical (unpaired) electrons. The second kappa shape index (κ2) is 9.52. The maximum absolute atomic E-state index is 12.9. The van der Waals surface area contributed by atoms with Gasteiger partial charge in [0.15, 0.2) is 0 Å². The van der Waals surface area contributed by atoms with Crippen LogP contribution in [0.2, 0.25) is 0 Å². The van der Waals surface area contributed by atoms with Crippen LogP contribution >= 0.6 is 0 Å². The van der Waals surface area contributed by atoms with Gasteiger partial charge in [0.05, 0.1) is 18.3 Å². The smallest absolute Gasteiger partial charge is 0.475 e. The molecular weight excluding hydrogens is 417 g/mol. The number of ether oxygens (including phenoxy) is 2. The van der Waals surface area contributed by atoms with Crippen LogP contribution in [0.5, 0.6) is 0 Å². The number of nitrogens with zero attached hydrogens (tertiary/aromatic N) is 2. The van der Waals surface area contributed by atoms with Crippen molar-refractivity contribution in [3.05, 3.63) is 29.6 Å². The van der Waals surface area contributed by atoms with Gasteiger partial charge in [-0.3, -0.25) is 9.78 Å². The van der Waals surface area contributed by atoms with Gasteiger partial charge >= 0.3 is 12.1 Å². The van der Waals surface area contributed by atoms with E-state index in [2.05, 4.69) is 4.98 Å². The van der Waals surface area contributed by atoms with Gasteiger partial charge in [0.25, 0.3) is 5.91 Å². The molecule has 2 atom stereocenters. The minimum atomic E-state index is -5.08. The first-order valence-corrected chi connectivity index (χ1v) is 10.3. The zero-order valence-corrected chi connectivity index (χ0v) is 17.4. The number of likely N-dealkylation sites (tertiary alicyclic amines) is 1. The number of carbonyl (C=O) groups is 2. The molecule has 1 aromatic heterocycles. The predicted molar refractivity (Wildman–Crippen MR) is 104 cm³/mol. The van der Waals surface area contributed by atoms with Crippen LogP contribution in [0.15, 0.2) is 18.5 Å². The van der Waals surface area contributed by atoms with Gasteiger partial charge in [-0.05, 0) is 50.2 Å². The topological polar surface area (TPSA) is 89.0 Å². The van der Waals surface area contributed by atoms with Crippen LogP contribution in [-0.2, 0) is 14.3 Å². The molecule has 1 aromatic rings. The van der Waals surface area contributed by atoms with Gasteiger partial charge in [-0.2, -0.15) is 13.2 Å². The summed E-state index contributed by atoms with van der Waals surface area (Å²) in [7, 11) is 0. The van der Waals surface area contributed by atoms with E-state index in [1.807, 2.05) is 17.9 Å². The van der Waals surface area contributed by atoms with Gasteiger partial charge in [0, 0.05) is 44.1 Å². The summed E-state index contributed by atoms with van der Waals surface area (Å²) in [6.07, 6.45) is 3.09. The Labute approximate surface area is 178 Å². The summed E-state index contributed by atoms with van der Waals surface area (Å²) in [4.78, 5) is 27.9. The molecule has 3 heterocycles. The molecule has 1 aliphatic carbocycles. The number of hydrogen-bond acceptors (Lipinski definition) is 5. The molecule has 10 heteroatoms. The molecule has 3 fully saturated rings. The summed E-state index contributed by atoms with van der Waals surface area (Å²) in [6.45, 7) is 5.81. The number of carbonyl (C=O) groups excluding carboxylic acids is 1. The molecule has 0 spiro atoms. The van der Waals surface area contributed by atoms with Gasteiger partial charge in [-0.25, -0.2) is 4.79 Å². The van der Waals surface area contributed by atoms with Crippen molar-refractivity contribution in [3.63, 3.8) is 0 Å². The average Bonchev–Trinajstić information content (AvgIpc) is 3.43. The van der Waals surface area contributed by atoms with Crippen molar-refractivity contribution in [2.45, 2.75) is 44.9 Å². The number of aliphatic carboxylic acids is 1. The highest BCUT2D eigenvalue weighted by atomic mass is 19.4. The summed E-state index contributed by atoms with van der Waals surface area (Å²) in [5.74, 6) is -1.91. The van der Waals surface area contributed by atoms with E-state index in [0.717, 1.165) is 50.6 Å². The lowest BCUT2D eigenvalue weighted by molar-refractivity contribution is -0.192. The number of hydrogen-bond donors (Lipinski definition) is 1. The van der Waals surface area contributed by atoms with E-state index in [-0.39, 0.29) is 17.4 Å². The third kappa shape index (κ3) is 6.16. The van der Waals surface area contributed by atoms with Gasteiger partial charge < -0.3 is 19.5 Å². The zero-order valence-electron chi connectivity index (χ0n) is 17.4. The fraction of sp³-hybridized carbons (Fsp3) is 0.667. The zero-order chi connectivity index (χ0) is 22.6. The standard InChI is InChI=1S/C19H26N2O3.C2HF3O2/c1-14-8-16(10-20-9-14)18(22)21-6-4-17-19(12-21,5-7-24-17)13-23-11-15-2-3-15;3-2(4,5)1(6)7/h8-10,15,17H,2-7,11-13H2,1H3;(H,6,7)/t17-,19+;/m1./s1. The van der Waals surface area contributed by atoms with Gasteiger partial charge in [-0.15, -0.1) is 0 Å². The Kier molecular flexibility index (Phi) is 7.20. The first kappa shape index (κ1) is 23.5. The molecule has 1 saturated carbocycles. The number of carboxylic acid groups (broad SMARTS) is 1.